The number of hydrogen-bond acceptors (Lipinski definition) is 2. The van der Waals surface area contributed by atoms with E-state index >= 15 is 0 Å². The van der Waals surface area contributed by atoms with Crippen molar-refractivity contribution in [2.75, 3.05) is 7.05 Å². The topological polar surface area (TPSA) is 29.9 Å². The molecule has 1 aliphatic carbocycles. The van der Waals surface area contributed by atoms with Crippen LogP contribution in [0.15, 0.2) is 0 Å². The van der Waals surface area contributed by atoms with Crippen molar-refractivity contribution in [3.63, 3.8) is 0 Å². The van der Waals surface area contributed by atoms with Gasteiger partial charge >= 0.3 is 0 Å². The van der Waals surface area contributed by atoms with Crippen LogP contribution in [0.25, 0.3) is 0 Å². The largest absolute Gasteiger partial charge is 0.313 e. The summed E-state index contributed by atoms with van der Waals surface area (Å²) in [6.07, 6.45) is 6.04. The van der Waals surface area contributed by atoms with Crippen molar-refractivity contribution in [3.8, 4) is 0 Å². The Hall–Kier alpha value is -0.830. The van der Waals surface area contributed by atoms with Gasteiger partial charge in [0.2, 0.25) is 0 Å². The summed E-state index contributed by atoms with van der Waals surface area (Å²) in [5.74, 6) is 0.891. The standard InChI is InChI=1S/C15H27N3/c1-5-12(16-4)15-13(6-2)17-18(14(15)7-3)10-11-8-9-11/h11-12,16H,5-10H2,1-4H3. The first-order valence-corrected chi connectivity index (χ1v) is 7.50. The van der Waals surface area contributed by atoms with Crippen LogP contribution in [0.5, 0.6) is 0 Å². The van der Waals surface area contributed by atoms with E-state index in [-0.39, 0.29) is 0 Å². The van der Waals surface area contributed by atoms with E-state index in [0.717, 1.165) is 31.7 Å². The van der Waals surface area contributed by atoms with Crippen molar-refractivity contribution in [1.29, 1.82) is 0 Å². The third kappa shape index (κ3) is 2.61. The van der Waals surface area contributed by atoms with Crippen LogP contribution in [0.4, 0.5) is 0 Å². The molecule has 1 fully saturated rings. The first-order chi connectivity index (χ1) is 8.74. The Kier molecular flexibility index (Phi) is 4.44. The molecule has 1 heterocycles. The molecule has 1 N–H and O–H groups in total. The second-order valence-electron chi connectivity index (χ2n) is 5.39. The van der Waals surface area contributed by atoms with Crippen LogP contribution in [-0.4, -0.2) is 16.8 Å². The SMILES string of the molecule is CCc1nn(CC2CC2)c(CC)c1C(CC)NC. The minimum Gasteiger partial charge on any atom is -0.313 e. The lowest BCUT2D eigenvalue weighted by molar-refractivity contribution is 0.529. The fraction of sp³-hybridized carbons (Fsp3) is 0.800. The third-order valence-corrected chi connectivity index (χ3v) is 4.08. The molecule has 1 aromatic heterocycles. The van der Waals surface area contributed by atoms with Gasteiger partial charge in [-0.2, -0.15) is 5.10 Å². The molecule has 0 amide bonds. The number of nitrogens with zero attached hydrogens (tertiary/aromatic N) is 2. The van der Waals surface area contributed by atoms with Crippen molar-refractivity contribution >= 4 is 0 Å². The molecule has 2 rings (SSSR count). The highest BCUT2D eigenvalue weighted by Crippen LogP contribution is 2.33. The molecule has 0 radical (unpaired) electrons. The molecular formula is C15H27N3. The van der Waals surface area contributed by atoms with E-state index in [0.29, 0.717) is 6.04 Å². The van der Waals surface area contributed by atoms with Gasteiger partial charge in [-0.15, -0.1) is 0 Å². The van der Waals surface area contributed by atoms with Gasteiger partial charge in [0.05, 0.1) is 5.69 Å². The maximum absolute atomic E-state index is 4.87. The van der Waals surface area contributed by atoms with E-state index in [1.807, 2.05) is 0 Å². The molecule has 0 bridgehead atoms. The summed E-state index contributed by atoms with van der Waals surface area (Å²) in [6, 6.07) is 0.461. The summed E-state index contributed by atoms with van der Waals surface area (Å²) in [7, 11) is 2.06. The van der Waals surface area contributed by atoms with Crippen molar-refractivity contribution in [3.05, 3.63) is 17.0 Å². The summed E-state index contributed by atoms with van der Waals surface area (Å²) in [4.78, 5) is 0. The van der Waals surface area contributed by atoms with Gasteiger partial charge in [-0.05, 0) is 45.1 Å². The normalized spacial score (nSPS) is 17.1. The Balaban J connectivity index is 2.36. The van der Waals surface area contributed by atoms with E-state index in [9.17, 15) is 0 Å². The summed E-state index contributed by atoms with van der Waals surface area (Å²) in [5, 5.41) is 8.32. The van der Waals surface area contributed by atoms with E-state index in [4.69, 9.17) is 5.10 Å². The van der Waals surface area contributed by atoms with Gasteiger partial charge in [0, 0.05) is 23.8 Å². The minimum absolute atomic E-state index is 0.461. The fourth-order valence-electron chi connectivity index (χ4n) is 2.85. The van der Waals surface area contributed by atoms with Crippen molar-refractivity contribution < 1.29 is 0 Å². The third-order valence-electron chi connectivity index (χ3n) is 4.08. The van der Waals surface area contributed by atoms with Gasteiger partial charge in [-0.1, -0.05) is 20.8 Å². The molecular weight excluding hydrogens is 222 g/mol. The highest BCUT2D eigenvalue weighted by molar-refractivity contribution is 5.30. The van der Waals surface area contributed by atoms with Crippen LogP contribution in [0, 0.1) is 5.92 Å². The Labute approximate surface area is 111 Å². The zero-order valence-corrected chi connectivity index (χ0v) is 12.3. The first-order valence-electron chi connectivity index (χ1n) is 7.50. The Morgan fingerprint density at radius 1 is 1.28 bits per heavy atom. The number of aromatic nitrogens is 2. The quantitative estimate of drug-likeness (QED) is 0.805. The molecule has 0 aromatic carbocycles. The molecule has 18 heavy (non-hydrogen) atoms. The van der Waals surface area contributed by atoms with Gasteiger partial charge in [0.25, 0.3) is 0 Å². The van der Waals surface area contributed by atoms with Gasteiger partial charge < -0.3 is 5.32 Å². The minimum atomic E-state index is 0.461. The Morgan fingerprint density at radius 3 is 2.44 bits per heavy atom. The molecule has 102 valence electrons. The van der Waals surface area contributed by atoms with Crippen LogP contribution < -0.4 is 5.32 Å². The zero-order chi connectivity index (χ0) is 13.1. The molecule has 0 aliphatic heterocycles. The van der Waals surface area contributed by atoms with Crippen LogP contribution >= 0.6 is 0 Å². The molecule has 1 aliphatic rings. The number of aryl methyl sites for hydroxylation is 1. The lowest BCUT2D eigenvalue weighted by Crippen LogP contribution is -2.18. The predicted molar refractivity (Wildman–Crippen MR) is 75.8 cm³/mol. The Bertz CT molecular complexity index is 387. The fourth-order valence-corrected chi connectivity index (χ4v) is 2.85. The lowest BCUT2D eigenvalue weighted by Gasteiger charge is -2.16. The molecule has 3 nitrogen and oxygen atoms in total. The summed E-state index contributed by atoms with van der Waals surface area (Å²) >= 11 is 0. The van der Waals surface area contributed by atoms with E-state index < -0.39 is 0 Å². The molecule has 1 aromatic rings. The number of rotatable bonds is 7. The molecule has 1 unspecified atom stereocenters. The second-order valence-corrected chi connectivity index (χ2v) is 5.39. The maximum atomic E-state index is 4.87. The van der Waals surface area contributed by atoms with Crippen LogP contribution in [0.3, 0.4) is 0 Å². The highest BCUT2D eigenvalue weighted by Gasteiger charge is 2.26. The predicted octanol–water partition coefficient (Wildman–Crippen LogP) is 3.09. The van der Waals surface area contributed by atoms with E-state index in [1.165, 1.54) is 29.8 Å². The summed E-state index contributed by atoms with van der Waals surface area (Å²) in [5.41, 5.74) is 4.24. The summed E-state index contributed by atoms with van der Waals surface area (Å²) < 4.78 is 2.30. The zero-order valence-electron chi connectivity index (χ0n) is 12.3. The molecule has 0 spiro atoms. The molecule has 1 atom stereocenters. The van der Waals surface area contributed by atoms with Gasteiger partial charge in [0.1, 0.15) is 0 Å². The first kappa shape index (κ1) is 13.6. The highest BCUT2D eigenvalue weighted by atomic mass is 15.3. The molecule has 0 saturated heterocycles. The van der Waals surface area contributed by atoms with Crippen molar-refractivity contribution in [2.24, 2.45) is 5.92 Å². The van der Waals surface area contributed by atoms with Gasteiger partial charge in [0.15, 0.2) is 0 Å². The van der Waals surface area contributed by atoms with Crippen LogP contribution in [-0.2, 0) is 19.4 Å². The van der Waals surface area contributed by atoms with Crippen molar-refractivity contribution in [2.45, 2.75) is 65.5 Å². The maximum Gasteiger partial charge on any atom is 0.0672 e. The molecule has 3 heteroatoms. The average Bonchev–Trinajstić information content (AvgIpc) is 3.13. The van der Waals surface area contributed by atoms with Crippen LogP contribution in [0.2, 0.25) is 0 Å². The van der Waals surface area contributed by atoms with Crippen molar-refractivity contribution in [1.82, 2.24) is 15.1 Å². The number of hydrogen-bond donors (Lipinski definition) is 1. The Morgan fingerprint density at radius 2 is 2.00 bits per heavy atom. The lowest BCUT2D eigenvalue weighted by atomic mass is 9.99. The van der Waals surface area contributed by atoms with E-state index in [2.05, 4.69) is 37.8 Å². The van der Waals surface area contributed by atoms with Gasteiger partial charge in [-0.3, -0.25) is 4.68 Å². The monoisotopic (exact) mass is 249 g/mol. The van der Waals surface area contributed by atoms with Crippen LogP contribution in [0.1, 0.15) is 63.0 Å². The molecule has 1 saturated carbocycles. The smallest absolute Gasteiger partial charge is 0.0672 e. The number of nitrogens with one attached hydrogen (secondary N) is 1. The second kappa shape index (κ2) is 5.87. The van der Waals surface area contributed by atoms with E-state index in [1.54, 1.807) is 0 Å². The average molecular weight is 249 g/mol. The summed E-state index contributed by atoms with van der Waals surface area (Å²) in [6.45, 7) is 7.86. The van der Waals surface area contributed by atoms with Gasteiger partial charge in [-0.25, -0.2) is 0 Å².